The van der Waals surface area contributed by atoms with Crippen LogP contribution in [0.25, 0.3) is 0 Å². The predicted molar refractivity (Wildman–Crippen MR) is 72.1 cm³/mol. The van der Waals surface area contributed by atoms with Crippen molar-refractivity contribution in [1.29, 1.82) is 0 Å². The summed E-state index contributed by atoms with van der Waals surface area (Å²) in [5, 5.41) is 3.39. The van der Waals surface area contributed by atoms with Crippen LogP contribution >= 0.6 is 0 Å². The van der Waals surface area contributed by atoms with E-state index in [0.717, 1.165) is 31.7 Å². The van der Waals surface area contributed by atoms with Gasteiger partial charge < -0.3 is 10.2 Å². The molecule has 0 bridgehead atoms. The smallest absolute Gasteiger partial charge is 0.123 e. The first-order valence-corrected chi connectivity index (χ1v) is 6.41. The molecule has 0 aliphatic carbocycles. The molecule has 1 aromatic carbocycles. The molecule has 0 aliphatic heterocycles. The lowest BCUT2D eigenvalue weighted by Crippen LogP contribution is -2.21. The van der Waals surface area contributed by atoms with Crippen molar-refractivity contribution in [3.63, 3.8) is 0 Å². The molecule has 0 amide bonds. The van der Waals surface area contributed by atoms with E-state index in [-0.39, 0.29) is 5.82 Å². The van der Waals surface area contributed by atoms with Crippen LogP contribution in [0.4, 0.5) is 10.1 Å². The second-order valence-corrected chi connectivity index (χ2v) is 4.36. The average molecular weight is 238 g/mol. The molecule has 0 heterocycles. The number of anilines is 1. The highest BCUT2D eigenvalue weighted by atomic mass is 19.1. The summed E-state index contributed by atoms with van der Waals surface area (Å²) in [5.74, 6) is -0.175. The topological polar surface area (TPSA) is 15.3 Å². The number of unbranched alkanes of at least 4 members (excludes halogenated alkanes) is 1. The molecule has 0 saturated carbocycles. The van der Waals surface area contributed by atoms with Crippen LogP contribution in [-0.2, 0) is 0 Å². The predicted octanol–water partition coefficient (Wildman–Crippen LogP) is 3.04. The van der Waals surface area contributed by atoms with E-state index in [9.17, 15) is 4.39 Å². The van der Waals surface area contributed by atoms with Gasteiger partial charge in [-0.05, 0) is 56.6 Å². The summed E-state index contributed by atoms with van der Waals surface area (Å²) in [6, 6.07) is 6.67. The first-order valence-electron chi connectivity index (χ1n) is 6.41. The van der Waals surface area contributed by atoms with Crippen molar-refractivity contribution in [2.45, 2.75) is 26.2 Å². The van der Waals surface area contributed by atoms with Crippen molar-refractivity contribution < 1.29 is 4.39 Å². The molecule has 0 aliphatic rings. The lowest BCUT2D eigenvalue weighted by molar-refractivity contribution is 0.614. The molecule has 0 unspecified atom stereocenters. The SMILES string of the molecule is CCCNCCCCN(C)c1ccc(F)cc1. The lowest BCUT2D eigenvalue weighted by Gasteiger charge is -2.19. The second-order valence-electron chi connectivity index (χ2n) is 4.36. The Balaban J connectivity index is 2.16. The standard InChI is InChI=1S/C14H23FN2/c1-3-10-16-11-4-5-12-17(2)14-8-6-13(15)7-9-14/h6-9,16H,3-5,10-12H2,1-2H3. The molecule has 1 rings (SSSR count). The number of rotatable bonds is 8. The van der Waals surface area contributed by atoms with E-state index in [4.69, 9.17) is 0 Å². The van der Waals surface area contributed by atoms with E-state index < -0.39 is 0 Å². The molecule has 2 nitrogen and oxygen atoms in total. The highest BCUT2D eigenvalue weighted by Crippen LogP contribution is 2.13. The van der Waals surface area contributed by atoms with Crippen molar-refractivity contribution in [3.05, 3.63) is 30.1 Å². The molecule has 1 N–H and O–H groups in total. The molecule has 0 aromatic heterocycles. The number of hydrogen-bond donors (Lipinski definition) is 1. The van der Waals surface area contributed by atoms with E-state index in [1.54, 1.807) is 0 Å². The van der Waals surface area contributed by atoms with Crippen molar-refractivity contribution in [1.82, 2.24) is 5.32 Å². The van der Waals surface area contributed by atoms with Gasteiger partial charge in [0.05, 0.1) is 0 Å². The van der Waals surface area contributed by atoms with E-state index in [2.05, 4.69) is 17.1 Å². The molecular weight excluding hydrogens is 215 g/mol. The third kappa shape index (κ3) is 5.68. The minimum absolute atomic E-state index is 0.175. The van der Waals surface area contributed by atoms with E-state index in [1.807, 2.05) is 19.2 Å². The van der Waals surface area contributed by atoms with Crippen LogP contribution in [0.2, 0.25) is 0 Å². The van der Waals surface area contributed by atoms with E-state index >= 15 is 0 Å². The summed E-state index contributed by atoms with van der Waals surface area (Å²) < 4.78 is 12.7. The van der Waals surface area contributed by atoms with Gasteiger partial charge in [-0.1, -0.05) is 6.92 Å². The Morgan fingerprint density at radius 1 is 1.12 bits per heavy atom. The third-order valence-electron chi connectivity index (χ3n) is 2.79. The molecule has 0 atom stereocenters. The maximum absolute atomic E-state index is 12.7. The number of hydrogen-bond acceptors (Lipinski definition) is 2. The van der Waals surface area contributed by atoms with Crippen molar-refractivity contribution in [2.75, 3.05) is 31.6 Å². The molecule has 96 valence electrons. The van der Waals surface area contributed by atoms with Gasteiger partial charge in [-0.2, -0.15) is 0 Å². The quantitative estimate of drug-likeness (QED) is 0.700. The van der Waals surface area contributed by atoms with Crippen LogP contribution in [0.5, 0.6) is 0 Å². The first-order chi connectivity index (χ1) is 8.24. The van der Waals surface area contributed by atoms with Gasteiger partial charge in [0.2, 0.25) is 0 Å². The Morgan fingerprint density at radius 3 is 2.47 bits per heavy atom. The van der Waals surface area contributed by atoms with E-state index in [0.29, 0.717) is 0 Å². The maximum atomic E-state index is 12.7. The number of benzene rings is 1. The fraction of sp³-hybridized carbons (Fsp3) is 0.571. The van der Waals surface area contributed by atoms with Crippen LogP contribution in [0.1, 0.15) is 26.2 Å². The summed E-state index contributed by atoms with van der Waals surface area (Å²) in [7, 11) is 2.05. The van der Waals surface area contributed by atoms with Crippen molar-refractivity contribution in [3.8, 4) is 0 Å². The normalized spacial score (nSPS) is 10.5. The highest BCUT2D eigenvalue weighted by molar-refractivity contribution is 5.45. The number of nitrogens with one attached hydrogen (secondary N) is 1. The Labute approximate surface area is 104 Å². The molecule has 0 spiro atoms. The number of nitrogens with zero attached hydrogens (tertiary/aromatic N) is 1. The highest BCUT2D eigenvalue weighted by Gasteiger charge is 2.00. The van der Waals surface area contributed by atoms with Gasteiger partial charge in [0.25, 0.3) is 0 Å². The molecule has 17 heavy (non-hydrogen) atoms. The van der Waals surface area contributed by atoms with Crippen LogP contribution < -0.4 is 10.2 Å². The largest absolute Gasteiger partial charge is 0.375 e. The zero-order valence-corrected chi connectivity index (χ0v) is 10.9. The van der Waals surface area contributed by atoms with Crippen LogP contribution in [0.3, 0.4) is 0 Å². The first kappa shape index (κ1) is 14.0. The van der Waals surface area contributed by atoms with Crippen LogP contribution in [0.15, 0.2) is 24.3 Å². The third-order valence-corrected chi connectivity index (χ3v) is 2.79. The van der Waals surface area contributed by atoms with Gasteiger partial charge >= 0.3 is 0 Å². The van der Waals surface area contributed by atoms with Crippen LogP contribution in [0, 0.1) is 5.82 Å². The zero-order chi connectivity index (χ0) is 12.5. The Bertz CT molecular complexity index is 298. The lowest BCUT2D eigenvalue weighted by atomic mass is 10.2. The molecule has 1 aromatic rings. The summed E-state index contributed by atoms with van der Waals surface area (Å²) >= 11 is 0. The summed E-state index contributed by atoms with van der Waals surface area (Å²) in [4.78, 5) is 2.17. The summed E-state index contributed by atoms with van der Waals surface area (Å²) in [5.41, 5.74) is 1.08. The van der Waals surface area contributed by atoms with Crippen LogP contribution in [-0.4, -0.2) is 26.7 Å². The average Bonchev–Trinajstić information content (AvgIpc) is 2.34. The Morgan fingerprint density at radius 2 is 1.82 bits per heavy atom. The number of halogens is 1. The van der Waals surface area contributed by atoms with Gasteiger partial charge in [0.1, 0.15) is 5.82 Å². The summed E-state index contributed by atoms with van der Waals surface area (Å²) in [6.07, 6.45) is 3.53. The van der Waals surface area contributed by atoms with E-state index in [1.165, 1.54) is 25.0 Å². The second kappa shape index (κ2) is 8.07. The minimum Gasteiger partial charge on any atom is -0.375 e. The molecular formula is C14H23FN2. The summed E-state index contributed by atoms with van der Waals surface area (Å²) in [6.45, 7) is 5.38. The minimum atomic E-state index is -0.175. The molecule has 0 fully saturated rings. The fourth-order valence-corrected chi connectivity index (χ4v) is 1.73. The molecule has 0 saturated heterocycles. The Hall–Kier alpha value is -1.09. The zero-order valence-electron chi connectivity index (χ0n) is 10.9. The van der Waals surface area contributed by atoms with Gasteiger partial charge in [-0.15, -0.1) is 0 Å². The maximum Gasteiger partial charge on any atom is 0.123 e. The van der Waals surface area contributed by atoms with Gasteiger partial charge in [-0.25, -0.2) is 4.39 Å². The fourth-order valence-electron chi connectivity index (χ4n) is 1.73. The molecule has 0 radical (unpaired) electrons. The van der Waals surface area contributed by atoms with Crippen molar-refractivity contribution in [2.24, 2.45) is 0 Å². The van der Waals surface area contributed by atoms with Crippen molar-refractivity contribution >= 4 is 5.69 Å². The van der Waals surface area contributed by atoms with Gasteiger partial charge in [0, 0.05) is 19.3 Å². The monoisotopic (exact) mass is 238 g/mol. The Kier molecular flexibility index (Phi) is 6.63. The van der Waals surface area contributed by atoms with Gasteiger partial charge in [0.15, 0.2) is 0 Å². The molecule has 3 heteroatoms. The van der Waals surface area contributed by atoms with Gasteiger partial charge in [-0.3, -0.25) is 0 Å².